The SMILES string of the molecule is CC(CON)c1cncnc1. The summed E-state index contributed by atoms with van der Waals surface area (Å²) in [4.78, 5) is 12.3. The number of nitrogens with zero attached hydrogens (tertiary/aromatic N) is 2. The van der Waals surface area contributed by atoms with Crippen molar-refractivity contribution in [2.24, 2.45) is 5.90 Å². The second-order valence-electron chi connectivity index (χ2n) is 2.41. The van der Waals surface area contributed by atoms with Crippen molar-refractivity contribution in [1.82, 2.24) is 9.97 Å². The summed E-state index contributed by atoms with van der Waals surface area (Å²) in [7, 11) is 0. The van der Waals surface area contributed by atoms with E-state index in [9.17, 15) is 0 Å². The molecular weight excluding hydrogens is 142 g/mol. The third-order valence-electron chi connectivity index (χ3n) is 1.50. The Bertz CT molecular complexity index is 202. The van der Waals surface area contributed by atoms with E-state index in [1.165, 1.54) is 6.33 Å². The standard InChI is InChI=1S/C7H11N3O/c1-6(4-11-8)7-2-9-5-10-3-7/h2-3,5-6H,4,8H2,1H3. The molecule has 0 aliphatic heterocycles. The summed E-state index contributed by atoms with van der Waals surface area (Å²) in [6, 6.07) is 0. The first-order valence-corrected chi connectivity index (χ1v) is 3.41. The van der Waals surface area contributed by atoms with E-state index in [1.54, 1.807) is 12.4 Å². The normalized spacial score (nSPS) is 12.9. The zero-order valence-corrected chi connectivity index (χ0v) is 6.40. The first-order chi connectivity index (χ1) is 5.34. The molecule has 11 heavy (non-hydrogen) atoms. The molecule has 1 unspecified atom stereocenters. The molecule has 1 rings (SSSR count). The summed E-state index contributed by atoms with van der Waals surface area (Å²) in [5.74, 6) is 5.18. The lowest BCUT2D eigenvalue weighted by Gasteiger charge is -2.07. The molecule has 0 radical (unpaired) electrons. The highest BCUT2D eigenvalue weighted by Crippen LogP contribution is 2.10. The van der Waals surface area contributed by atoms with E-state index in [4.69, 9.17) is 5.90 Å². The van der Waals surface area contributed by atoms with Gasteiger partial charge in [-0.2, -0.15) is 0 Å². The summed E-state index contributed by atoms with van der Waals surface area (Å²) in [5.41, 5.74) is 1.04. The molecule has 0 bridgehead atoms. The van der Waals surface area contributed by atoms with Crippen LogP contribution >= 0.6 is 0 Å². The molecule has 1 atom stereocenters. The summed E-state index contributed by atoms with van der Waals surface area (Å²) in [6.07, 6.45) is 5.02. The molecule has 0 saturated heterocycles. The van der Waals surface area contributed by atoms with Crippen molar-refractivity contribution in [3.63, 3.8) is 0 Å². The van der Waals surface area contributed by atoms with Crippen LogP contribution in [0.5, 0.6) is 0 Å². The van der Waals surface area contributed by atoms with Gasteiger partial charge in [-0.3, -0.25) is 0 Å². The maximum absolute atomic E-state index is 4.93. The molecule has 60 valence electrons. The van der Waals surface area contributed by atoms with Crippen LogP contribution in [0.4, 0.5) is 0 Å². The van der Waals surface area contributed by atoms with Crippen molar-refractivity contribution in [3.8, 4) is 0 Å². The molecule has 4 heteroatoms. The molecule has 0 spiro atoms. The summed E-state index contributed by atoms with van der Waals surface area (Å²) >= 11 is 0. The molecule has 0 aromatic carbocycles. The highest BCUT2D eigenvalue weighted by molar-refractivity contribution is 5.08. The van der Waals surface area contributed by atoms with E-state index < -0.39 is 0 Å². The molecule has 1 aromatic heterocycles. The smallest absolute Gasteiger partial charge is 0.115 e. The number of hydrogen-bond acceptors (Lipinski definition) is 4. The minimum Gasteiger partial charge on any atom is -0.304 e. The van der Waals surface area contributed by atoms with Gasteiger partial charge in [-0.25, -0.2) is 15.9 Å². The molecule has 0 amide bonds. The van der Waals surface area contributed by atoms with Crippen molar-refractivity contribution in [2.75, 3.05) is 6.61 Å². The van der Waals surface area contributed by atoms with Crippen LogP contribution in [0, 0.1) is 0 Å². The molecule has 2 N–H and O–H groups in total. The monoisotopic (exact) mass is 153 g/mol. The molecule has 0 aliphatic rings. The second kappa shape index (κ2) is 4.00. The Labute approximate surface area is 65.4 Å². The lowest BCUT2D eigenvalue weighted by Crippen LogP contribution is -2.08. The van der Waals surface area contributed by atoms with E-state index in [2.05, 4.69) is 14.8 Å². The van der Waals surface area contributed by atoms with Gasteiger partial charge in [0.1, 0.15) is 6.33 Å². The predicted octanol–water partition coefficient (Wildman–Crippen LogP) is 0.470. The van der Waals surface area contributed by atoms with Crippen LogP contribution in [0.1, 0.15) is 18.4 Å². The van der Waals surface area contributed by atoms with E-state index in [-0.39, 0.29) is 5.92 Å². The summed E-state index contributed by atoms with van der Waals surface area (Å²) < 4.78 is 0. The average molecular weight is 153 g/mol. The average Bonchev–Trinajstić information content (AvgIpc) is 2.07. The van der Waals surface area contributed by atoms with Crippen LogP contribution in [0.25, 0.3) is 0 Å². The lowest BCUT2D eigenvalue weighted by molar-refractivity contribution is 0.126. The fourth-order valence-corrected chi connectivity index (χ4v) is 0.806. The topological polar surface area (TPSA) is 61.0 Å². The minimum atomic E-state index is 0.251. The Morgan fingerprint density at radius 1 is 1.55 bits per heavy atom. The van der Waals surface area contributed by atoms with E-state index >= 15 is 0 Å². The van der Waals surface area contributed by atoms with Gasteiger partial charge in [-0.1, -0.05) is 6.92 Å². The lowest BCUT2D eigenvalue weighted by atomic mass is 10.1. The van der Waals surface area contributed by atoms with Gasteiger partial charge in [0.15, 0.2) is 0 Å². The van der Waals surface area contributed by atoms with Crippen LogP contribution < -0.4 is 5.90 Å². The molecule has 0 aliphatic carbocycles. The van der Waals surface area contributed by atoms with Crippen LogP contribution in [0.15, 0.2) is 18.7 Å². The van der Waals surface area contributed by atoms with Gasteiger partial charge in [0.25, 0.3) is 0 Å². The molecule has 0 saturated carbocycles. The first-order valence-electron chi connectivity index (χ1n) is 3.41. The zero-order chi connectivity index (χ0) is 8.10. The third kappa shape index (κ3) is 2.25. The highest BCUT2D eigenvalue weighted by atomic mass is 16.6. The molecule has 1 heterocycles. The fourth-order valence-electron chi connectivity index (χ4n) is 0.806. The van der Waals surface area contributed by atoms with Gasteiger partial charge in [-0.05, 0) is 5.56 Å². The van der Waals surface area contributed by atoms with Crippen molar-refractivity contribution in [2.45, 2.75) is 12.8 Å². The van der Waals surface area contributed by atoms with Crippen LogP contribution in [-0.2, 0) is 4.84 Å². The number of nitrogens with two attached hydrogens (primary N) is 1. The number of hydrogen-bond donors (Lipinski definition) is 1. The Hall–Kier alpha value is -1.00. The minimum absolute atomic E-state index is 0.251. The fraction of sp³-hybridized carbons (Fsp3) is 0.429. The van der Waals surface area contributed by atoms with Gasteiger partial charge >= 0.3 is 0 Å². The van der Waals surface area contributed by atoms with Gasteiger partial charge in [0.05, 0.1) is 6.61 Å². The first kappa shape index (κ1) is 8.10. The van der Waals surface area contributed by atoms with Gasteiger partial charge in [0, 0.05) is 18.3 Å². The van der Waals surface area contributed by atoms with Crippen molar-refractivity contribution in [1.29, 1.82) is 0 Å². The second-order valence-corrected chi connectivity index (χ2v) is 2.41. The Balaban J connectivity index is 2.61. The quantitative estimate of drug-likeness (QED) is 0.641. The van der Waals surface area contributed by atoms with E-state index in [0.717, 1.165) is 5.56 Å². The molecule has 0 fully saturated rings. The molecule has 1 aromatic rings. The molecule has 4 nitrogen and oxygen atoms in total. The van der Waals surface area contributed by atoms with Crippen LogP contribution in [0.2, 0.25) is 0 Å². The van der Waals surface area contributed by atoms with E-state index in [1.807, 2.05) is 6.92 Å². The zero-order valence-electron chi connectivity index (χ0n) is 6.40. The Kier molecular flexibility index (Phi) is 2.95. The Morgan fingerprint density at radius 2 is 2.18 bits per heavy atom. The largest absolute Gasteiger partial charge is 0.304 e. The Morgan fingerprint density at radius 3 is 2.73 bits per heavy atom. The van der Waals surface area contributed by atoms with Crippen LogP contribution in [-0.4, -0.2) is 16.6 Å². The van der Waals surface area contributed by atoms with Gasteiger partial charge in [-0.15, -0.1) is 0 Å². The number of rotatable bonds is 3. The van der Waals surface area contributed by atoms with Crippen molar-refractivity contribution >= 4 is 0 Å². The van der Waals surface area contributed by atoms with Gasteiger partial charge in [0.2, 0.25) is 0 Å². The van der Waals surface area contributed by atoms with Crippen molar-refractivity contribution < 1.29 is 4.84 Å². The summed E-state index contributed by atoms with van der Waals surface area (Å²) in [5, 5.41) is 0. The maximum atomic E-state index is 4.93. The third-order valence-corrected chi connectivity index (χ3v) is 1.50. The predicted molar refractivity (Wildman–Crippen MR) is 40.6 cm³/mol. The number of aromatic nitrogens is 2. The van der Waals surface area contributed by atoms with Crippen LogP contribution in [0.3, 0.4) is 0 Å². The van der Waals surface area contributed by atoms with Gasteiger partial charge < -0.3 is 4.84 Å². The van der Waals surface area contributed by atoms with Crippen molar-refractivity contribution in [3.05, 3.63) is 24.3 Å². The summed E-state index contributed by atoms with van der Waals surface area (Å²) in [6.45, 7) is 2.50. The maximum Gasteiger partial charge on any atom is 0.115 e. The molecular formula is C7H11N3O. The highest BCUT2D eigenvalue weighted by Gasteiger charge is 2.04. The van der Waals surface area contributed by atoms with E-state index in [0.29, 0.717) is 6.61 Å².